The topological polar surface area (TPSA) is 58.6 Å². The molecule has 6 heteroatoms. The Morgan fingerprint density at radius 2 is 1.64 bits per heavy atom. The lowest BCUT2D eigenvalue weighted by molar-refractivity contribution is -0.120. The number of carbonyl (C=O) groups is 1. The Bertz CT molecular complexity index is 561. The fourth-order valence-corrected chi connectivity index (χ4v) is 2.37. The van der Waals surface area contributed by atoms with Crippen molar-refractivity contribution in [1.29, 1.82) is 0 Å². The number of morpholine rings is 1. The maximum atomic E-state index is 12.8. The Morgan fingerprint density at radius 3 is 2.14 bits per heavy atom. The van der Waals surface area contributed by atoms with Crippen molar-refractivity contribution in [2.45, 2.75) is 0 Å². The molecule has 0 saturated carbocycles. The fraction of sp³-hybridized carbons (Fsp3) is 0.312. The summed E-state index contributed by atoms with van der Waals surface area (Å²) >= 11 is 0. The minimum atomic E-state index is -0.0423. The largest absolute Gasteiger partial charge is 0.379 e. The van der Waals surface area contributed by atoms with Crippen molar-refractivity contribution in [3.63, 3.8) is 0 Å². The number of hydrogen-bond donors (Lipinski definition) is 0. The number of anilines is 2. The third-order valence-electron chi connectivity index (χ3n) is 3.47. The number of amides is 1. The van der Waals surface area contributed by atoms with E-state index in [1.54, 1.807) is 17.3 Å². The minimum Gasteiger partial charge on any atom is -0.379 e. The summed E-state index contributed by atoms with van der Waals surface area (Å²) in [4.78, 5) is 25.0. The van der Waals surface area contributed by atoms with E-state index in [4.69, 9.17) is 4.74 Å². The molecule has 2 aromatic rings. The van der Waals surface area contributed by atoms with E-state index in [2.05, 4.69) is 14.9 Å². The third kappa shape index (κ3) is 3.47. The fourth-order valence-electron chi connectivity index (χ4n) is 2.37. The minimum absolute atomic E-state index is 0.0423. The second-order valence-electron chi connectivity index (χ2n) is 4.99. The maximum Gasteiger partial charge on any atom is 0.248 e. The van der Waals surface area contributed by atoms with Crippen molar-refractivity contribution in [1.82, 2.24) is 14.9 Å². The second kappa shape index (κ2) is 7.11. The first-order chi connectivity index (χ1) is 10.8. The van der Waals surface area contributed by atoms with Crippen LogP contribution in [-0.2, 0) is 9.53 Å². The van der Waals surface area contributed by atoms with Gasteiger partial charge in [0.2, 0.25) is 5.91 Å². The molecule has 1 amide bonds. The molecule has 0 bridgehead atoms. The first-order valence-electron chi connectivity index (χ1n) is 7.30. The van der Waals surface area contributed by atoms with Gasteiger partial charge in [0.05, 0.1) is 19.8 Å². The highest BCUT2D eigenvalue weighted by molar-refractivity contribution is 5.99. The van der Waals surface area contributed by atoms with Gasteiger partial charge >= 0.3 is 0 Å². The molecule has 2 aromatic heterocycles. The van der Waals surface area contributed by atoms with Gasteiger partial charge < -0.3 is 4.74 Å². The van der Waals surface area contributed by atoms with Crippen molar-refractivity contribution in [3.05, 3.63) is 48.8 Å². The molecule has 6 nitrogen and oxygen atoms in total. The third-order valence-corrected chi connectivity index (χ3v) is 3.47. The van der Waals surface area contributed by atoms with Gasteiger partial charge in [-0.3, -0.25) is 9.69 Å². The van der Waals surface area contributed by atoms with Gasteiger partial charge in [-0.2, -0.15) is 0 Å². The molecule has 1 saturated heterocycles. The summed E-state index contributed by atoms with van der Waals surface area (Å²) in [5.41, 5.74) is 0. The predicted octanol–water partition coefficient (Wildman–Crippen LogP) is 1.47. The SMILES string of the molecule is O=C(CN1CCOCC1)N(c1ccccn1)c1ccccn1. The molecule has 3 heterocycles. The quantitative estimate of drug-likeness (QED) is 0.855. The zero-order valence-electron chi connectivity index (χ0n) is 12.3. The molecule has 22 heavy (non-hydrogen) atoms. The van der Waals surface area contributed by atoms with Gasteiger partial charge in [-0.05, 0) is 24.3 Å². The summed E-state index contributed by atoms with van der Waals surface area (Å²) in [6.45, 7) is 3.20. The Morgan fingerprint density at radius 1 is 1.05 bits per heavy atom. The Balaban J connectivity index is 1.83. The van der Waals surface area contributed by atoms with Crippen molar-refractivity contribution < 1.29 is 9.53 Å². The molecule has 0 atom stereocenters. The number of pyridine rings is 2. The normalized spacial score (nSPS) is 15.5. The average Bonchev–Trinajstić information content (AvgIpc) is 2.58. The van der Waals surface area contributed by atoms with Crippen LogP contribution in [0.5, 0.6) is 0 Å². The molecule has 0 unspecified atom stereocenters. The van der Waals surface area contributed by atoms with E-state index < -0.39 is 0 Å². The average molecular weight is 298 g/mol. The van der Waals surface area contributed by atoms with Crippen LogP contribution < -0.4 is 4.90 Å². The van der Waals surface area contributed by atoms with Crippen LogP contribution in [0.3, 0.4) is 0 Å². The van der Waals surface area contributed by atoms with E-state index in [1.807, 2.05) is 36.4 Å². The number of aromatic nitrogens is 2. The standard InChI is InChI=1S/C16H18N4O2/c21-16(13-19-9-11-22-12-10-19)20(14-5-1-3-7-17-14)15-6-2-4-8-18-15/h1-8H,9-13H2. The molecular formula is C16H18N4O2. The molecule has 0 aliphatic carbocycles. The maximum absolute atomic E-state index is 12.8. The van der Waals surface area contributed by atoms with Gasteiger partial charge in [-0.25, -0.2) is 14.9 Å². The lowest BCUT2D eigenvalue weighted by atomic mass is 10.3. The molecule has 0 spiro atoms. The van der Waals surface area contributed by atoms with Crippen LogP contribution in [0.1, 0.15) is 0 Å². The van der Waals surface area contributed by atoms with Gasteiger partial charge in [-0.15, -0.1) is 0 Å². The zero-order chi connectivity index (χ0) is 15.2. The summed E-state index contributed by atoms with van der Waals surface area (Å²) < 4.78 is 5.32. The van der Waals surface area contributed by atoms with Crippen LogP contribution in [0.4, 0.5) is 11.6 Å². The monoisotopic (exact) mass is 298 g/mol. The van der Waals surface area contributed by atoms with Crippen LogP contribution in [0, 0.1) is 0 Å². The van der Waals surface area contributed by atoms with Crippen molar-refractivity contribution in [2.24, 2.45) is 0 Å². The Kier molecular flexibility index (Phi) is 4.72. The molecule has 0 N–H and O–H groups in total. The van der Waals surface area contributed by atoms with E-state index >= 15 is 0 Å². The van der Waals surface area contributed by atoms with Crippen LogP contribution in [0.25, 0.3) is 0 Å². The number of ether oxygens (including phenoxy) is 1. The lowest BCUT2D eigenvalue weighted by Gasteiger charge is -2.28. The Labute approximate surface area is 129 Å². The van der Waals surface area contributed by atoms with Crippen LogP contribution in [0.2, 0.25) is 0 Å². The number of nitrogens with zero attached hydrogens (tertiary/aromatic N) is 4. The van der Waals surface area contributed by atoms with Crippen LogP contribution in [0.15, 0.2) is 48.8 Å². The smallest absolute Gasteiger partial charge is 0.248 e. The van der Waals surface area contributed by atoms with Gasteiger partial charge in [0.25, 0.3) is 0 Å². The molecule has 0 radical (unpaired) electrons. The highest BCUT2D eigenvalue weighted by Gasteiger charge is 2.23. The summed E-state index contributed by atoms with van der Waals surface area (Å²) in [6.07, 6.45) is 3.35. The number of hydrogen-bond acceptors (Lipinski definition) is 5. The van der Waals surface area contributed by atoms with E-state index in [-0.39, 0.29) is 5.91 Å². The first kappa shape index (κ1) is 14.6. The highest BCUT2D eigenvalue weighted by atomic mass is 16.5. The predicted molar refractivity (Wildman–Crippen MR) is 82.9 cm³/mol. The second-order valence-corrected chi connectivity index (χ2v) is 4.99. The number of rotatable bonds is 4. The van der Waals surface area contributed by atoms with Gasteiger partial charge in [0.15, 0.2) is 0 Å². The first-order valence-corrected chi connectivity index (χ1v) is 7.30. The van der Waals surface area contributed by atoms with E-state index in [0.717, 1.165) is 13.1 Å². The summed E-state index contributed by atoms with van der Waals surface area (Å²) in [6, 6.07) is 11.0. The van der Waals surface area contributed by atoms with E-state index in [0.29, 0.717) is 31.4 Å². The van der Waals surface area contributed by atoms with Gasteiger partial charge in [-0.1, -0.05) is 12.1 Å². The van der Waals surface area contributed by atoms with Crippen LogP contribution in [-0.4, -0.2) is 53.6 Å². The molecule has 1 aliphatic heterocycles. The number of carbonyl (C=O) groups excluding carboxylic acids is 1. The van der Waals surface area contributed by atoms with Gasteiger partial charge in [0, 0.05) is 25.5 Å². The lowest BCUT2D eigenvalue weighted by Crippen LogP contribution is -2.43. The Hall–Kier alpha value is -2.31. The molecule has 114 valence electrons. The van der Waals surface area contributed by atoms with E-state index in [1.165, 1.54) is 0 Å². The molecule has 1 aliphatic rings. The van der Waals surface area contributed by atoms with Crippen LogP contribution >= 0.6 is 0 Å². The zero-order valence-corrected chi connectivity index (χ0v) is 12.3. The molecule has 0 aromatic carbocycles. The molecular weight excluding hydrogens is 280 g/mol. The highest BCUT2D eigenvalue weighted by Crippen LogP contribution is 2.21. The summed E-state index contributed by atoms with van der Waals surface area (Å²) in [5, 5.41) is 0. The van der Waals surface area contributed by atoms with Gasteiger partial charge in [0.1, 0.15) is 11.6 Å². The van der Waals surface area contributed by atoms with Crippen molar-refractivity contribution >= 4 is 17.5 Å². The van der Waals surface area contributed by atoms with Crippen molar-refractivity contribution in [3.8, 4) is 0 Å². The van der Waals surface area contributed by atoms with E-state index in [9.17, 15) is 4.79 Å². The molecule has 1 fully saturated rings. The summed E-state index contributed by atoms with van der Waals surface area (Å²) in [7, 11) is 0. The molecule has 3 rings (SSSR count). The van der Waals surface area contributed by atoms with Crippen molar-refractivity contribution in [2.75, 3.05) is 37.7 Å². The summed E-state index contributed by atoms with van der Waals surface area (Å²) in [5.74, 6) is 1.12.